The molecule has 11 heteroatoms. The van der Waals surface area contributed by atoms with Gasteiger partial charge < -0.3 is 5.32 Å². The van der Waals surface area contributed by atoms with E-state index in [0.29, 0.717) is 4.88 Å². The van der Waals surface area contributed by atoms with E-state index in [9.17, 15) is 35.5 Å². The first-order valence-electron chi connectivity index (χ1n) is 7.83. The molecule has 1 amide bonds. The minimum absolute atomic E-state index is 0.0592. The molecule has 0 aliphatic rings. The summed E-state index contributed by atoms with van der Waals surface area (Å²) in [7, 11) is 0. The van der Waals surface area contributed by atoms with Crippen molar-refractivity contribution in [2.45, 2.75) is 13.3 Å². The molecule has 29 heavy (non-hydrogen) atoms. The van der Waals surface area contributed by atoms with Crippen molar-refractivity contribution >= 4 is 22.4 Å². The lowest BCUT2D eigenvalue weighted by molar-refractivity contribution is -0.115. The Kier molecular flexibility index (Phi) is 5.60. The van der Waals surface area contributed by atoms with Crippen LogP contribution in [0.5, 0.6) is 0 Å². The zero-order valence-electron chi connectivity index (χ0n) is 14.3. The maximum Gasteiger partial charge on any atom is 0.230 e. The molecule has 0 radical (unpaired) electrons. The molecule has 1 heterocycles. The Morgan fingerprint density at radius 1 is 0.931 bits per heavy atom. The lowest BCUT2D eigenvalue weighted by Crippen LogP contribution is -2.18. The summed E-state index contributed by atoms with van der Waals surface area (Å²) in [5.74, 6) is -14.1. The molecule has 152 valence electrons. The summed E-state index contributed by atoms with van der Waals surface area (Å²) in [4.78, 5) is 16.6. The van der Waals surface area contributed by atoms with Crippen LogP contribution in [0.4, 0.5) is 35.9 Å². The number of nitrogens with zero attached hydrogens (tertiary/aromatic N) is 1. The summed E-state index contributed by atoms with van der Waals surface area (Å²) < 4.78 is 93.3. The summed E-state index contributed by atoms with van der Waals surface area (Å²) in [6.07, 6.45) is -1.13. The highest BCUT2D eigenvalue weighted by atomic mass is 32.1. The molecule has 2 aromatic carbocycles. The average Bonchev–Trinajstić information content (AvgIpc) is 3.04. The number of carbonyl (C=O) groups excluding carboxylic acids is 1. The summed E-state index contributed by atoms with van der Waals surface area (Å²) in [5, 5.41) is 2.12. The van der Waals surface area contributed by atoms with Gasteiger partial charge in [-0.1, -0.05) is 0 Å². The molecule has 3 rings (SSSR count). The molecule has 0 unspecified atom stereocenters. The Bertz CT molecular complexity index is 1100. The number of anilines is 1. The molecule has 3 nitrogen and oxygen atoms in total. The second-order valence-corrected chi connectivity index (χ2v) is 7.03. The largest absolute Gasteiger partial charge is 0.302 e. The van der Waals surface area contributed by atoms with Gasteiger partial charge in [-0.3, -0.25) is 4.79 Å². The van der Waals surface area contributed by atoms with Crippen molar-refractivity contribution in [1.82, 2.24) is 4.98 Å². The van der Waals surface area contributed by atoms with Crippen LogP contribution in [0.3, 0.4) is 0 Å². The Balaban J connectivity index is 1.83. The quantitative estimate of drug-likeness (QED) is 0.345. The van der Waals surface area contributed by atoms with Gasteiger partial charge >= 0.3 is 0 Å². The Morgan fingerprint density at radius 2 is 1.52 bits per heavy atom. The van der Waals surface area contributed by atoms with Gasteiger partial charge in [0, 0.05) is 16.0 Å². The number of hydrogen-bond donors (Lipinski definition) is 1. The number of hydrogen-bond acceptors (Lipinski definition) is 3. The molecule has 0 saturated carbocycles. The van der Waals surface area contributed by atoms with E-state index in [1.165, 1.54) is 6.07 Å². The lowest BCUT2D eigenvalue weighted by Gasteiger charge is -2.07. The van der Waals surface area contributed by atoms with Gasteiger partial charge in [-0.15, -0.1) is 11.3 Å². The zero-order valence-corrected chi connectivity index (χ0v) is 15.2. The zero-order chi connectivity index (χ0) is 21.5. The van der Waals surface area contributed by atoms with E-state index in [-0.39, 0.29) is 16.4 Å². The van der Waals surface area contributed by atoms with E-state index in [1.807, 2.05) is 0 Å². The standard InChI is InChI=1S/C18H9F7N2OS/c1-6-17(7-2-3-9(19)10(20)4-7)27-18(29-6)26-11(28)5-8-12(21)14(23)16(25)15(24)13(8)22/h2-4H,5H2,1H3,(H,26,27,28). The van der Waals surface area contributed by atoms with Crippen molar-refractivity contribution in [1.29, 1.82) is 0 Å². The first-order valence-corrected chi connectivity index (χ1v) is 8.64. The predicted molar refractivity (Wildman–Crippen MR) is 90.8 cm³/mol. The van der Waals surface area contributed by atoms with Crippen LogP contribution >= 0.6 is 11.3 Å². The summed E-state index contributed by atoms with van der Waals surface area (Å²) >= 11 is 0.920. The molecule has 0 atom stereocenters. The molecule has 0 fully saturated rings. The number of aryl methyl sites for hydroxylation is 1. The number of rotatable bonds is 4. The van der Waals surface area contributed by atoms with E-state index < -0.39 is 58.6 Å². The van der Waals surface area contributed by atoms with Crippen LogP contribution in [0.15, 0.2) is 18.2 Å². The van der Waals surface area contributed by atoms with Crippen molar-refractivity contribution in [3.63, 3.8) is 0 Å². The van der Waals surface area contributed by atoms with Crippen LogP contribution in [0.25, 0.3) is 11.3 Å². The van der Waals surface area contributed by atoms with Crippen LogP contribution in [0, 0.1) is 47.6 Å². The third-order valence-electron chi connectivity index (χ3n) is 3.87. The van der Waals surface area contributed by atoms with Crippen LogP contribution in [0.1, 0.15) is 10.4 Å². The molecule has 1 aromatic heterocycles. The number of benzene rings is 2. The Hall–Kier alpha value is -2.95. The van der Waals surface area contributed by atoms with Gasteiger partial charge in [0.2, 0.25) is 11.7 Å². The number of halogens is 7. The number of aromatic nitrogens is 1. The average molecular weight is 434 g/mol. The molecule has 3 aromatic rings. The van der Waals surface area contributed by atoms with Crippen molar-refractivity contribution in [2.24, 2.45) is 0 Å². The second-order valence-electron chi connectivity index (χ2n) is 5.83. The number of amides is 1. The fraction of sp³-hybridized carbons (Fsp3) is 0.111. The van der Waals surface area contributed by atoms with E-state index >= 15 is 0 Å². The number of carbonyl (C=O) groups is 1. The minimum atomic E-state index is -2.32. The second kappa shape index (κ2) is 7.82. The third-order valence-corrected chi connectivity index (χ3v) is 4.76. The fourth-order valence-electron chi connectivity index (χ4n) is 2.49. The smallest absolute Gasteiger partial charge is 0.230 e. The van der Waals surface area contributed by atoms with Gasteiger partial charge in [-0.25, -0.2) is 35.7 Å². The van der Waals surface area contributed by atoms with Crippen molar-refractivity contribution in [2.75, 3.05) is 5.32 Å². The molecule has 0 aliphatic heterocycles. The van der Waals surface area contributed by atoms with Gasteiger partial charge in [0.15, 0.2) is 40.0 Å². The third kappa shape index (κ3) is 3.95. The van der Waals surface area contributed by atoms with Crippen molar-refractivity contribution in [3.05, 3.63) is 69.4 Å². The predicted octanol–water partition coefficient (Wildman–Crippen LogP) is 5.27. The van der Waals surface area contributed by atoms with Gasteiger partial charge in [-0.05, 0) is 25.1 Å². The maximum absolute atomic E-state index is 13.7. The van der Waals surface area contributed by atoms with E-state index in [4.69, 9.17) is 0 Å². The van der Waals surface area contributed by atoms with E-state index in [2.05, 4.69) is 10.3 Å². The monoisotopic (exact) mass is 434 g/mol. The summed E-state index contributed by atoms with van der Waals surface area (Å²) in [6.45, 7) is 1.58. The summed E-state index contributed by atoms with van der Waals surface area (Å²) in [6, 6.07) is 3.06. The minimum Gasteiger partial charge on any atom is -0.302 e. The van der Waals surface area contributed by atoms with Crippen LogP contribution in [-0.4, -0.2) is 10.9 Å². The maximum atomic E-state index is 13.7. The number of thiazole rings is 1. The van der Waals surface area contributed by atoms with Gasteiger partial charge in [0.25, 0.3) is 0 Å². The topological polar surface area (TPSA) is 42.0 Å². The number of nitrogens with one attached hydrogen (secondary N) is 1. The SMILES string of the molecule is Cc1sc(NC(=O)Cc2c(F)c(F)c(F)c(F)c2F)nc1-c1ccc(F)c(F)c1. The first-order chi connectivity index (χ1) is 13.6. The molecule has 0 bridgehead atoms. The van der Waals surface area contributed by atoms with Gasteiger partial charge in [-0.2, -0.15) is 0 Å². The van der Waals surface area contributed by atoms with Gasteiger partial charge in [0.05, 0.1) is 12.1 Å². The molecule has 0 saturated heterocycles. The highest BCUT2D eigenvalue weighted by molar-refractivity contribution is 7.16. The van der Waals surface area contributed by atoms with E-state index in [1.54, 1.807) is 6.92 Å². The molecule has 0 aliphatic carbocycles. The molecule has 0 spiro atoms. The van der Waals surface area contributed by atoms with Crippen molar-refractivity contribution in [3.8, 4) is 11.3 Å². The summed E-state index contributed by atoms with van der Waals surface area (Å²) in [5.41, 5.74) is -0.841. The molecular weight excluding hydrogens is 425 g/mol. The Labute approximate surface area is 162 Å². The lowest BCUT2D eigenvalue weighted by atomic mass is 10.1. The van der Waals surface area contributed by atoms with Gasteiger partial charge in [0.1, 0.15) is 0 Å². The first kappa shape index (κ1) is 20.8. The van der Waals surface area contributed by atoms with Crippen LogP contribution < -0.4 is 5.32 Å². The normalized spacial score (nSPS) is 11.0. The van der Waals surface area contributed by atoms with Crippen LogP contribution in [0.2, 0.25) is 0 Å². The van der Waals surface area contributed by atoms with Crippen LogP contribution in [-0.2, 0) is 11.2 Å². The van der Waals surface area contributed by atoms with E-state index in [0.717, 1.165) is 23.5 Å². The molecule has 1 N–H and O–H groups in total. The highest BCUT2D eigenvalue weighted by Gasteiger charge is 2.27. The van der Waals surface area contributed by atoms with Crippen molar-refractivity contribution < 1.29 is 35.5 Å². The Morgan fingerprint density at radius 3 is 2.10 bits per heavy atom. The highest BCUT2D eigenvalue weighted by Crippen LogP contribution is 2.31. The molecular formula is C18H9F7N2OS. The fourth-order valence-corrected chi connectivity index (χ4v) is 3.34.